The molecule has 0 rings (SSSR count). The zero-order chi connectivity index (χ0) is 12.3. The summed E-state index contributed by atoms with van der Waals surface area (Å²) in [5.41, 5.74) is 0. The fourth-order valence-electron chi connectivity index (χ4n) is 0.851. The average Bonchev–Trinajstić information content (AvgIpc) is 2.00. The first kappa shape index (κ1) is 15.1. The van der Waals surface area contributed by atoms with Crippen molar-refractivity contribution in [1.82, 2.24) is 0 Å². The zero-order valence-corrected chi connectivity index (χ0v) is 11.3. The van der Waals surface area contributed by atoms with Crippen molar-refractivity contribution < 1.29 is 18.4 Å². The third-order valence-corrected chi connectivity index (χ3v) is 4.73. The van der Waals surface area contributed by atoms with Crippen LogP contribution in [0.2, 0.25) is 0 Å². The molecule has 0 bridgehead atoms. The number of rotatable bonds is 6. The van der Waals surface area contributed by atoms with Gasteiger partial charge in [0.2, 0.25) is 0 Å². The van der Waals surface area contributed by atoms with Crippen molar-refractivity contribution in [2.75, 3.05) is 0 Å². The lowest BCUT2D eigenvalue weighted by Gasteiger charge is -2.29. The molecule has 0 aromatic carbocycles. The molecule has 0 saturated heterocycles. The van der Waals surface area contributed by atoms with Crippen LogP contribution in [0.1, 0.15) is 34.6 Å². The van der Waals surface area contributed by atoms with Crippen LogP contribution >= 0.6 is 19.2 Å². The van der Waals surface area contributed by atoms with Gasteiger partial charge in [0, 0.05) is 0 Å². The first-order chi connectivity index (χ1) is 6.64. The summed E-state index contributed by atoms with van der Waals surface area (Å²) in [7, 11) is -3.64. The second-order valence-corrected chi connectivity index (χ2v) is 7.34. The van der Waals surface area contributed by atoms with E-state index < -0.39 is 12.2 Å². The lowest BCUT2D eigenvalue weighted by atomic mass is 10.5. The highest BCUT2D eigenvalue weighted by Crippen LogP contribution is 2.62. The van der Waals surface area contributed by atoms with Crippen LogP contribution < -0.4 is 0 Å². The van der Waals surface area contributed by atoms with Crippen molar-refractivity contribution in [3.63, 3.8) is 0 Å². The molecule has 1 atom stereocenters. The van der Waals surface area contributed by atoms with Gasteiger partial charge in [-0.25, -0.2) is 0 Å². The molecule has 0 aliphatic carbocycles. The minimum atomic E-state index is -3.64. The van der Waals surface area contributed by atoms with Gasteiger partial charge in [-0.3, -0.25) is 4.57 Å². The topological polar surface area (TPSA) is 52.6 Å². The number of aldehydes is 1. The van der Waals surface area contributed by atoms with Crippen LogP contribution in [-0.4, -0.2) is 23.1 Å². The second kappa shape index (κ2) is 5.44. The van der Waals surface area contributed by atoms with E-state index in [0.29, 0.717) is 6.29 Å². The molecule has 0 aliphatic rings. The quantitative estimate of drug-likeness (QED) is 0.416. The van der Waals surface area contributed by atoms with E-state index in [-0.39, 0.29) is 12.2 Å². The summed E-state index contributed by atoms with van der Waals surface area (Å²) in [6.07, 6.45) is -0.264. The summed E-state index contributed by atoms with van der Waals surface area (Å²) in [6.45, 7) is 8.14. The predicted molar refractivity (Wildman–Crippen MR) is 60.4 cm³/mol. The normalized spacial score (nSPS) is 16.8. The molecule has 0 spiro atoms. The van der Waals surface area contributed by atoms with Gasteiger partial charge in [-0.1, -0.05) is 11.6 Å². The van der Waals surface area contributed by atoms with E-state index in [1.54, 1.807) is 27.7 Å². The van der Waals surface area contributed by atoms with Crippen LogP contribution in [0.5, 0.6) is 0 Å². The first-order valence-corrected chi connectivity index (χ1v) is 6.69. The Hall–Kier alpha value is 0.110. The lowest BCUT2D eigenvalue weighted by molar-refractivity contribution is -0.108. The van der Waals surface area contributed by atoms with Crippen molar-refractivity contribution >= 4 is 25.5 Å². The molecule has 0 fully saturated rings. The summed E-state index contributed by atoms with van der Waals surface area (Å²) in [5, 5.41) is 0. The molecule has 0 N–H and O–H groups in total. The second-order valence-electron chi connectivity index (χ2n) is 3.95. The Balaban J connectivity index is 5.02. The molecule has 0 aromatic heterocycles. The Labute approximate surface area is 95.8 Å². The molecule has 0 aliphatic heterocycles. The van der Waals surface area contributed by atoms with Crippen molar-refractivity contribution in [1.29, 1.82) is 0 Å². The Morgan fingerprint density at radius 2 is 1.53 bits per heavy atom. The molecule has 1 unspecified atom stereocenters. The van der Waals surface area contributed by atoms with Crippen molar-refractivity contribution in [2.24, 2.45) is 0 Å². The van der Waals surface area contributed by atoms with Gasteiger partial charge in [0.25, 0.3) is 0 Å². The summed E-state index contributed by atoms with van der Waals surface area (Å²) in [6, 6.07) is 0. The summed E-state index contributed by atoms with van der Waals surface area (Å²) in [5.74, 6) is 0. The Kier molecular flexibility index (Phi) is 5.48. The fraction of sp³-hybridized carbons (Fsp3) is 0.889. The molecule has 15 heavy (non-hydrogen) atoms. The standard InChI is InChI=1S/C9H18ClO4P/c1-7(2)13-15(12,14-8(3)4)9(5,10)6-11/h6-8H,1-5H3. The summed E-state index contributed by atoms with van der Waals surface area (Å²) in [4.78, 5) is 10.8. The molecular weight excluding hydrogens is 239 g/mol. The van der Waals surface area contributed by atoms with Gasteiger partial charge in [-0.15, -0.1) is 0 Å². The number of carbonyl (C=O) groups is 1. The molecule has 90 valence electrons. The van der Waals surface area contributed by atoms with E-state index >= 15 is 0 Å². The maximum absolute atomic E-state index is 12.3. The van der Waals surface area contributed by atoms with Crippen molar-refractivity contribution in [2.45, 2.75) is 51.4 Å². The van der Waals surface area contributed by atoms with Gasteiger partial charge in [-0.05, 0) is 34.6 Å². The highest BCUT2D eigenvalue weighted by molar-refractivity contribution is 7.58. The molecule has 0 aromatic rings. The van der Waals surface area contributed by atoms with E-state index in [9.17, 15) is 9.36 Å². The van der Waals surface area contributed by atoms with E-state index in [0.717, 1.165) is 0 Å². The van der Waals surface area contributed by atoms with Gasteiger partial charge in [0.1, 0.15) is 0 Å². The summed E-state index contributed by atoms with van der Waals surface area (Å²) >= 11 is 5.83. The zero-order valence-electron chi connectivity index (χ0n) is 9.69. The molecular formula is C9H18ClO4P. The molecule has 0 saturated carbocycles. The number of halogens is 1. The number of carbonyl (C=O) groups excluding carboxylic acids is 1. The fourth-order valence-corrected chi connectivity index (χ4v) is 2.79. The largest absolute Gasteiger partial charge is 0.358 e. The average molecular weight is 257 g/mol. The summed E-state index contributed by atoms with van der Waals surface area (Å²) < 4.78 is 21.0. The third-order valence-electron chi connectivity index (χ3n) is 1.45. The van der Waals surface area contributed by atoms with Crippen molar-refractivity contribution in [3.05, 3.63) is 0 Å². The molecule has 6 heteroatoms. The van der Waals surface area contributed by atoms with Gasteiger partial charge >= 0.3 is 7.60 Å². The van der Waals surface area contributed by atoms with Crippen LogP contribution in [0.4, 0.5) is 0 Å². The van der Waals surface area contributed by atoms with E-state index in [4.69, 9.17) is 20.6 Å². The van der Waals surface area contributed by atoms with Crippen molar-refractivity contribution in [3.8, 4) is 0 Å². The molecule has 0 amide bonds. The number of alkyl halides is 1. The van der Waals surface area contributed by atoms with E-state index in [1.165, 1.54) is 6.92 Å². The Bertz CT molecular complexity index is 249. The van der Waals surface area contributed by atoms with Gasteiger partial charge < -0.3 is 13.8 Å². The van der Waals surface area contributed by atoms with Crippen LogP contribution in [0.3, 0.4) is 0 Å². The molecule has 0 radical (unpaired) electrons. The third kappa shape index (κ3) is 4.23. The molecule has 0 heterocycles. The van der Waals surface area contributed by atoms with Crippen LogP contribution in [-0.2, 0) is 18.4 Å². The smallest absolute Gasteiger partial charge is 0.304 e. The molecule has 4 nitrogen and oxygen atoms in total. The maximum Gasteiger partial charge on any atom is 0.358 e. The van der Waals surface area contributed by atoms with Gasteiger partial charge in [-0.2, -0.15) is 0 Å². The SMILES string of the molecule is CC(C)OP(=O)(OC(C)C)C(C)(Cl)C=O. The Morgan fingerprint density at radius 1 is 1.20 bits per heavy atom. The van der Waals surface area contributed by atoms with Gasteiger partial charge in [0.05, 0.1) is 12.2 Å². The van der Waals surface area contributed by atoms with Crippen LogP contribution in [0.15, 0.2) is 0 Å². The first-order valence-electron chi connectivity index (χ1n) is 4.77. The number of hydrogen-bond acceptors (Lipinski definition) is 4. The monoisotopic (exact) mass is 256 g/mol. The maximum atomic E-state index is 12.3. The predicted octanol–water partition coefficient (Wildman–Crippen LogP) is 3.18. The van der Waals surface area contributed by atoms with Gasteiger partial charge in [0.15, 0.2) is 10.9 Å². The highest BCUT2D eigenvalue weighted by atomic mass is 35.5. The lowest BCUT2D eigenvalue weighted by Crippen LogP contribution is -2.25. The van der Waals surface area contributed by atoms with E-state index in [2.05, 4.69) is 0 Å². The highest BCUT2D eigenvalue weighted by Gasteiger charge is 2.47. The van der Waals surface area contributed by atoms with E-state index in [1.807, 2.05) is 0 Å². The van der Waals surface area contributed by atoms with Crippen LogP contribution in [0.25, 0.3) is 0 Å². The minimum Gasteiger partial charge on any atom is -0.304 e. The Morgan fingerprint density at radius 3 is 1.73 bits per heavy atom. The number of hydrogen-bond donors (Lipinski definition) is 0. The van der Waals surface area contributed by atoms with Crippen LogP contribution in [0, 0.1) is 0 Å². The minimum absolute atomic E-state index is 0.326.